The number of ether oxygens (including phenoxy) is 2. The molecule has 1 heterocycles. The number of nitrogens with two attached hydrogens (primary N) is 2. The lowest BCUT2D eigenvalue weighted by Gasteiger charge is -2.50. The van der Waals surface area contributed by atoms with Gasteiger partial charge in [-0.15, -0.1) is 0 Å². The maximum Gasteiger partial charge on any atom is 0.255 e. The van der Waals surface area contributed by atoms with E-state index in [0.29, 0.717) is 66.4 Å². The van der Waals surface area contributed by atoms with Gasteiger partial charge in [0.15, 0.2) is 22.8 Å². The zero-order chi connectivity index (χ0) is 60.8. The number of rotatable bonds is 13. The zero-order valence-electron chi connectivity index (χ0n) is 47.4. The maximum absolute atomic E-state index is 14.1. The minimum Gasteiger partial charge on any atom is -0.508 e. The standard InChI is InChI=1S/C33H39N3O8.C27H32FN3O8/c1-6-36(16(2)17-10-8-7-9-11-17)15-19-14-22(37)24-20(29(19)44-5)12-18-13-21-26(35(3)4)28(39)25(32(34)42)31(41)33(21,43)30(40)23(18)27(24)38;1-30(2)20-15-7-11-6-14-18(16(32)8-12(23(14)39-3)9-31-5-4-13(28)10-31)21(33)17(11)24(35)27(15,38)25(36)19(22(20)34)26(29)37/h7-11,14,16,18,21,26,37-38,41,43H,6,12-13,15H2,1-5H3,(H2,34,42);8,11,13,15,20,32-33,36,38H,4-7,9-10H2,1-3H3,(H2,29,37)/t16?,18-,21-,26-,33-;11-,13+,15-,20-,27-/m00/s1. The van der Waals surface area contributed by atoms with Crippen LogP contribution < -0.4 is 20.9 Å². The van der Waals surface area contributed by atoms with Crippen LogP contribution in [0.25, 0.3) is 11.5 Å². The number of carbonyl (C=O) groups is 6. The second-order valence-corrected chi connectivity index (χ2v) is 23.1. The molecule has 7 aliphatic rings. The number of hydrogen-bond acceptors (Lipinski definition) is 20. The highest BCUT2D eigenvalue weighted by molar-refractivity contribution is 6.25. The predicted molar refractivity (Wildman–Crippen MR) is 297 cm³/mol. The Labute approximate surface area is 478 Å². The normalized spacial score (nSPS) is 28.1. The first-order chi connectivity index (χ1) is 39.1. The van der Waals surface area contributed by atoms with Crippen LogP contribution in [0.2, 0.25) is 0 Å². The van der Waals surface area contributed by atoms with E-state index < -0.39 is 122 Å². The molecule has 0 bridgehead atoms. The number of Topliss-reactive ketones (excluding diaryl/α,β-unsaturated/α-hetero) is 4. The Morgan fingerprint density at radius 3 is 1.54 bits per heavy atom. The van der Waals surface area contributed by atoms with Gasteiger partial charge in [-0.05, 0) is 103 Å². The summed E-state index contributed by atoms with van der Waals surface area (Å²) in [6.07, 6.45) is -0.274. The van der Waals surface area contributed by atoms with Crippen molar-refractivity contribution in [1.29, 1.82) is 0 Å². The quantitative estimate of drug-likeness (QED) is 0.110. The number of hydrogen-bond donors (Lipinski definition) is 10. The molecule has 10 atom stereocenters. The van der Waals surface area contributed by atoms with Gasteiger partial charge >= 0.3 is 0 Å². The third-order valence-corrected chi connectivity index (χ3v) is 18.1. The van der Waals surface area contributed by atoms with Gasteiger partial charge in [0.1, 0.15) is 63.4 Å². The second kappa shape index (κ2) is 22.2. The first-order valence-corrected chi connectivity index (χ1v) is 27.4. The summed E-state index contributed by atoms with van der Waals surface area (Å²) >= 11 is 0. The van der Waals surface area contributed by atoms with Crippen molar-refractivity contribution in [1.82, 2.24) is 19.6 Å². The Morgan fingerprint density at radius 1 is 0.723 bits per heavy atom. The van der Waals surface area contributed by atoms with E-state index in [2.05, 4.69) is 24.0 Å². The van der Waals surface area contributed by atoms with E-state index in [9.17, 15) is 74.0 Å². The Morgan fingerprint density at radius 2 is 1.16 bits per heavy atom. The Balaban J connectivity index is 0.000000201. The average molecular weight is 1150 g/mol. The molecule has 22 nitrogen and oxygen atoms in total. The van der Waals surface area contributed by atoms with Crippen LogP contribution in [0.5, 0.6) is 23.0 Å². The lowest BCUT2D eigenvalue weighted by Crippen LogP contribution is -2.65. The number of aromatic hydroxyl groups is 2. The molecule has 1 unspecified atom stereocenters. The predicted octanol–water partition coefficient (Wildman–Crippen LogP) is 3.07. The number of likely N-dealkylation sites (N-methyl/N-ethyl adjacent to an activating group) is 2. The van der Waals surface area contributed by atoms with Gasteiger partial charge in [0.2, 0.25) is 11.6 Å². The van der Waals surface area contributed by atoms with E-state index in [0.717, 1.165) is 5.56 Å². The van der Waals surface area contributed by atoms with Crippen LogP contribution in [0.1, 0.15) is 78.1 Å². The number of methoxy groups -OCH3 is 2. The van der Waals surface area contributed by atoms with Gasteiger partial charge in [0.05, 0.1) is 37.4 Å². The molecule has 444 valence electrons. The van der Waals surface area contributed by atoms with Crippen molar-refractivity contribution < 1.29 is 83.5 Å². The fourth-order valence-corrected chi connectivity index (χ4v) is 14.3. The molecule has 3 fully saturated rings. The Kier molecular flexibility index (Phi) is 16.0. The minimum atomic E-state index is -2.69. The minimum absolute atomic E-state index is 0.000968. The summed E-state index contributed by atoms with van der Waals surface area (Å²) in [4.78, 5) is 85.7. The summed E-state index contributed by atoms with van der Waals surface area (Å²) < 4.78 is 25.3. The number of carbonyl (C=O) groups excluding carboxylic acids is 6. The van der Waals surface area contributed by atoms with Crippen LogP contribution in [0.15, 0.2) is 76.3 Å². The summed E-state index contributed by atoms with van der Waals surface area (Å²) in [6, 6.07) is 10.7. The van der Waals surface area contributed by atoms with Crippen molar-refractivity contribution in [2.45, 2.75) is 94.5 Å². The molecule has 10 rings (SSSR count). The number of phenolic OH excluding ortho intramolecular Hbond substituents is 2. The molecule has 3 aromatic carbocycles. The number of likely N-dealkylation sites (tertiary alicyclic amines) is 1. The van der Waals surface area contributed by atoms with Gasteiger partial charge in [-0.2, -0.15) is 0 Å². The molecule has 6 aliphatic carbocycles. The van der Waals surface area contributed by atoms with Crippen molar-refractivity contribution in [3.05, 3.63) is 115 Å². The SMILES string of the molecule is CCN(Cc1cc(O)c2c(c1OC)C[C@H]1C[C@H]3[C@H](N(C)C)C(=O)C(C(N)=O)=C(O)[C@@]3(O)C(=O)C1=C2O)C(C)c1ccccc1.COc1c(CN2CC[C@@H](F)C2)cc(O)c2c1C[C@H]1C[C@H]3[C@H](N(C)C)C(=O)C(C(N)=O)=C(O)[C@@]3(O)C(=O)C1=C2O. The van der Waals surface area contributed by atoms with Crippen LogP contribution in [-0.2, 0) is 54.7 Å². The molecule has 3 aromatic rings. The van der Waals surface area contributed by atoms with Crippen LogP contribution in [0, 0.1) is 23.7 Å². The Hall–Kier alpha value is -7.67. The summed E-state index contributed by atoms with van der Waals surface area (Å²) in [7, 11) is 9.16. The first kappa shape index (κ1) is 59.9. The van der Waals surface area contributed by atoms with E-state index in [1.165, 1.54) is 36.2 Å². The second-order valence-electron chi connectivity index (χ2n) is 23.1. The highest BCUT2D eigenvalue weighted by Crippen LogP contribution is 2.56. The molecule has 0 spiro atoms. The van der Waals surface area contributed by atoms with Crippen molar-refractivity contribution in [3.8, 4) is 23.0 Å². The number of benzene rings is 3. The number of halogens is 1. The molecule has 1 saturated heterocycles. The lowest BCUT2D eigenvalue weighted by molar-refractivity contribution is -0.155. The molecular weight excluding hydrogens is 1080 g/mol. The van der Waals surface area contributed by atoms with Crippen molar-refractivity contribution in [2.75, 3.05) is 62.0 Å². The van der Waals surface area contributed by atoms with E-state index >= 15 is 0 Å². The number of primary amides is 2. The fraction of sp³-hybridized carbons (Fsp3) is 0.467. The molecule has 1 aliphatic heterocycles. The van der Waals surface area contributed by atoms with Crippen molar-refractivity contribution in [3.63, 3.8) is 0 Å². The van der Waals surface area contributed by atoms with E-state index in [4.69, 9.17) is 20.9 Å². The van der Waals surface area contributed by atoms with Gasteiger partial charge in [-0.1, -0.05) is 37.3 Å². The van der Waals surface area contributed by atoms with E-state index in [-0.39, 0.29) is 72.0 Å². The van der Waals surface area contributed by atoms with Crippen LogP contribution in [0.3, 0.4) is 0 Å². The lowest BCUT2D eigenvalue weighted by atomic mass is 9.57. The summed E-state index contributed by atoms with van der Waals surface area (Å²) in [5.41, 5.74) is 6.52. The molecule has 83 heavy (non-hydrogen) atoms. The average Bonchev–Trinajstić information content (AvgIpc) is 1.48. The van der Waals surface area contributed by atoms with Gasteiger partial charge in [0.25, 0.3) is 11.8 Å². The van der Waals surface area contributed by atoms with Crippen LogP contribution in [-0.4, -0.2) is 187 Å². The highest BCUT2D eigenvalue weighted by atomic mass is 19.1. The maximum atomic E-state index is 14.1. The molecular formula is C60H71FN6O16. The molecule has 0 aromatic heterocycles. The number of alkyl halides is 1. The van der Waals surface area contributed by atoms with E-state index in [1.54, 1.807) is 28.2 Å². The van der Waals surface area contributed by atoms with Crippen molar-refractivity contribution >= 4 is 46.5 Å². The molecule has 23 heteroatoms. The summed E-state index contributed by atoms with van der Waals surface area (Å²) in [5.74, 6) is -13.1. The van der Waals surface area contributed by atoms with Crippen LogP contribution in [0.4, 0.5) is 4.39 Å². The summed E-state index contributed by atoms with van der Waals surface area (Å²) in [5, 5.41) is 90.4. The number of ketones is 4. The smallest absolute Gasteiger partial charge is 0.255 e. The topological polar surface area (TPSA) is 348 Å². The molecule has 0 radical (unpaired) electrons. The zero-order valence-corrected chi connectivity index (χ0v) is 47.4. The van der Waals surface area contributed by atoms with Gasteiger partial charge < -0.3 is 61.8 Å². The largest absolute Gasteiger partial charge is 0.508 e. The first-order valence-electron chi connectivity index (χ1n) is 27.4. The summed E-state index contributed by atoms with van der Waals surface area (Å²) in [6.45, 7) is 6.36. The Bertz CT molecular complexity index is 3390. The van der Waals surface area contributed by atoms with E-state index in [1.807, 2.05) is 30.0 Å². The monoisotopic (exact) mass is 1150 g/mol. The number of aliphatic hydroxyl groups excluding tert-OH is 4. The number of nitrogens with zero attached hydrogens (tertiary/aromatic N) is 4. The van der Waals surface area contributed by atoms with Gasteiger partial charge in [0, 0.05) is 77.5 Å². The molecule has 12 N–H and O–H groups in total. The van der Waals surface area contributed by atoms with Crippen molar-refractivity contribution in [2.24, 2.45) is 35.1 Å². The highest BCUT2D eigenvalue weighted by Gasteiger charge is 2.66. The molecule has 2 amide bonds. The number of amides is 2. The van der Waals surface area contributed by atoms with Gasteiger partial charge in [-0.25, -0.2) is 4.39 Å². The number of aliphatic hydroxyl groups is 6. The third kappa shape index (κ3) is 9.41. The van der Waals surface area contributed by atoms with Gasteiger partial charge in [-0.3, -0.25) is 48.4 Å². The fourth-order valence-electron chi connectivity index (χ4n) is 14.3. The molecule has 2 saturated carbocycles. The number of phenols is 2. The van der Waals surface area contributed by atoms with Crippen LogP contribution >= 0.6 is 0 Å². The number of fused-ring (bicyclic) bond motifs is 6. The third-order valence-electron chi connectivity index (χ3n) is 18.1.